The molecule has 23 heavy (non-hydrogen) atoms. The molecule has 118 valence electrons. The molecule has 1 N–H and O–H groups in total. The highest BCUT2D eigenvalue weighted by Gasteiger charge is 2.40. The van der Waals surface area contributed by atoms with Crippen LogP contribution in [0.25, 0.3) is 0 Å². The summed E-state index contributed by atoms with van der Waals surface area (Å²) in [5.74, 6) is -0.108. The molecule has 4 nitrogen and oxygen atoms in total. The Kier molecular flexibility index (Phi) is 4.42. The molecule has 1 fully saturated rings. The van der Waals surface area contributed by atoms with Crippen molar-refractivity contribution in [1.29, 1.82) is 0 Å². The lowest BCUT2D eigenvalue weighted by Crippen LogP contribution is -2.59. The van der Waals surface area contributed by atoms with Crippen molar-refractivity contribution in [1.82, 2.24) is 10.2 Å². The number of imide groups is 1. The molecule has 1 aliphatic heterocycles. The van der Waals surface area contributed by atoms with E-state index in [0.29, 0.717) is 12.8 Å². The zero-order valence-corrected chi connectivity index (χ0v) is 13.1. The summed E-state index contributed by atoms with van der Waals surface area (Å²) in [5.41, 5.74) is 2.16. The molecule has 1 heterocycles. The van der Waals surface area contributed by atoms with Gasteiger partial charge in [-0.15, -0.1) is 0 Å². The van der Waals surface area contributed by atoms with E-state index in [0.717, 1.165) is 11.1 Å². The first kappa shape index (κ1) is 15.3. The quantitative estimate of drug-likeness (QED) is 0.881. The molecule has 0 aliphatic carbocycles. The molecule has 0 spiro atoms. The van der Waals surface area contributed by atoms with E-state index in [1.807, 2.05) is 67.6 Å². The molecule has 4 heteroatoms. The maximum Gasteiger partial charge on any atom is 0.324 e. The normalized spacial score (nSPS) is 18.2. The standard InChI is InChI=1S/C19H20N2O2/c1-14(16-10-6-3-7-11-16)20-19(23)21-17(13-18(21)22)12-15-8-4-2-5-9-15/h2-11,14,17H,12-13H2,1H3,(H,20,23)/t14-,17-/m0/s1. The number of benzene rings is 2. The van der Waals surface area contributed by atoms with Crippen molar-refractivity contribution < 1.29 is 9.59 Å². The number of amides is 3. The summed E-state index contributed by atoms with van der Waals surface area (Å²) in [4.78, 5) is 25.6. The molecule has 0 radical (unpaired) electrons. The van der Waals surface area contributed by atoms with Crippen LogP contribution in [0.2, 0.25) is 0 Å². The van der Waals surface area contributed by atoms with Crippen LogP contribution >= 0.6 is 0 Å². The fourth-order valence-electron chi connectivity index (χ4n) is 2.89. The van der Waals surface area contributed by atoms with Gasteiger partial charge in [0.05, 0.1) is 12.1 Å². The number of carbonyl (C=O) groups excluding carboxylic acids is 2. The molecule has 2 aromatic rings. The topological polar surface area (TPSA) is 49.4 Å². The van der Waals surface area contributed by atoms with Gasteiger partial charge >= 0.3 is 6.03 Å². The second kappa shape index (κ2) is 6.65. The third-order valence-corrected chi connectivity index (χ3v) is 4.22. The van der Waals surface area contributed by atoms with Crippen LogP contribution in [0, 0.1) is 0 Å². The zero-order chi connectivity index (χ0) is 16.2. The molecule has 2 atom stereocenters. The predicted molar refractivity (Wildman–Crippen MR) is 88.8 cm³/mol. The Morgan fingerprint density at radius 3 is 2.35 bits per heavy atom. The van der Waals surface area contributed by atoms with Gasteiger partial charge in [0.25, 0.3) is 0 Å². The number of nitrogens with zero attached hydrogens (tertiary/aromatic N) is 1. The van der Waals surface area contributed by atoms with E-state index in [2.05, 4.69) is 5.32 Å². The molecule has 0 saturated carbocycles. The van der Waals surface area contributed by atoms with Gasteiger partial charge in [-0.1, -0.05) is 60.7 Å². The number of likely N-dealkylation sites (tertiary alicyclic amines) is 1. The van der Waals surface area contributed by atoms with Gasteiger partial charge in [0.2, 0.25) is 5.91 Å². The molecule has 1 saturated heterocycles. The van der Waals surface area contributed by atoms with Crippen LogP contribution in [0.4, 0.5) is 4.79 Å². The van der Waals surface area contributed by atoms with E-state index in [1.165, 1.54) is 4.90 Å². The number of hydrogen-bond acceptors (Lipinski definition) is 2. The molecule has 3 amide bonds. The molecular weight excluding hydrogens is 288 g/mol. The lowest BCUT2D eigenvalue weighted by molar-refractivity contribution is -0.140. The van der Waals surface area contributed by atoms with Crippen molar-refractivity contribution in [3.63, 3.8) is 0 Å². The number of nitrogens with one attached hydrogen (secondary N) is 1. The van der Waals surface area contributed by atoms with Gasteiger partial charge in [-0.25, -0.2) is 4.79 Å². The van der Waals surface area contributed by atoms with Gasteiger partial charge in [0, 0.05) is 6.42 Å². The summed E-state index contributed by atoms with van der Waals surface area (Å²) in [5, 5.41) is 2.91. The van der Waals surface area contributed by atoms with Crippen LogP contribution in [-0.4, -0.2) is 22.9 Å². The lowest BCUT2D eigenvalue weighted by Gasteiger charge is -2.39. The highest BCUT2D eigenvalue weighted by molar-refractivity contribution is 5.99. The second-order valence-electron chi connectivity index (χ2n) is 5.89. The highest BCUT2D eigenvalue weighted by Crippen LogP contribution is 2.24. The van der Waals surface area contributed by atoms with Crippen molar-refractivity contribution in [3.8, 4) is 0 Å². The van der Waals surface area contributed by atoms with E-state index in [4.69, 9.17) is 0 Å². The van der Waals surface area contributed by atoms with Crippen LogP contribution in [0.5, 0.6) is 0 Å². The molecule has 0 unspecified atom stereocenters. The summed E-state index contributed by atoms with van der Waals surface area (Å²) in [6, 6.07) is 19.2. The Morgan fingerprint density at radius 2 is 1.74 bits per heavy atom. The Balaban J connectivity index is 1.62. The number of urea groups is 1. The minimum Gasteiger partial charge on any atom is -0.331 e. The maximum atomic E-state index is 12.4. The van der Waals surface area contributed by atoms with E-state index in [9.17, 15) is 9.59 Å². The smallest absolute Gasteiger partial charge is 0.324 e. The summed E-state index contributed by atoms with van der Waals surface area (Å²) in [6.07, 6.45) is 1.14. The largest absolute Gasteiger partial charge is 0.331 e. The zero-order valence-electron chi connectivity index (χ0n) is 13.1. The molecular formula is C19H20N2O2. The molecule has 2 aromatic carbocycles. The van der Waals surface area contributed by atoms with Crippen molar-refractivity contribution in [2.24, 2.45) is 0 Å². The Labute approximate surface area is 136 Å². The van der Waals surface area contributed by atoms with E-state index >= 15 is 0 Å². The van der Waals surface area contributed by atoms with Crippen LogP contribution < -0.4 is 5.32 Å². The molecule has 3 rings (SSSR count). The van der Waals surface area contributed by atoms with E-state index in [-0.39, 0.29) is 24.0 Å². The number of carbonyl (C=O) groups is 2. The first-order valence-corrected chi connectivity index (χ1v) is 7.86. The van der Waals surface area contributed by atoms with Gasteiger partial charge in [-0.05, 0) is 24.5 Å². The van der Waals surface area contributed by atoms with Crippen molar-refractivity contribution in [2.75, 3.05) is 0 Å². The summed E-state index contributed by atoms with van der Waals surface area (Å²) < 4.78 is 0. The van der Waals surface area contributed by atoms with Gasteiger partial charge < -0.3 is 5.32 Å². The van der Waals surface area contributed by atoms with Crippen molar-refractivity contribution in [2.45, 2.75) is 31.8 Å². The van der Waals surface area contributed by atoms with Crippen LogP contribution in [0.3, 0.4) is 0 Å². The summed E-state index contributed by atoms with van der Waals surface area (Å²) in [6.45, 7) is 1.92. The maximum absolute atomic E-state index is 12.4. The third-order valence-electron chi connectivity index (χ3n) is 4.22. The van der Waals surface area contributed by atoms with Crippen molar-refractivity contribution >= 4 is 11.9 Å². The first-order valence-electron chi connectivity index (χ1n) is 7.86. The SMILES string of the molecule is C[C@H](NC(=O)N1C(=O)C[C@@H]1Cc1ccccc1)c1ccccc1. The summed E-state index contributed by atoms with van der Waals surface area (Å²) >= 11 is 0. The highest BCUT2D eigenvalue weighted by atomic mass is 16.2. The fourth-order valence-corrected chi connectivity index (χ4v) is 2.89. The molecule has 0 bridgehead atoms. The first-order chi connectivity index (χ1) is 11.1. The van der Waals surface area contributed by atoms with Crippen LogP contribution in [0.1, 0.15) is 30.5 Å². The second-order valence-corrected chi connectivity index (χ2v) is 5.89. The lowest BCUT2D eigenvalue weighted by atomic mass is 9.95. The summed E-state index contributed by atoms with van der Waals surface area (Å²) in [7, 11) is 0. The van der Waals surface area contributed by atoms with Gasteiger partial charge in [0.15, 0.2) is 0 Å². The minimum atomic E-state index is -0.307. The van der Waals surface area contributed by atoms with Gasteiger partial charge in [0.1, 0.15) is 0 Å². The Hall–Kier alpha value is -2.62. The Morgan fingerprint density at radius 1 is 1.13 bits per heavy atom. The van der Waals surface area contributed by atoms with Crippen LogP contribution in [0.15, 0.2) is 60.7 Å². The predicted octanol–water partition coefficient (Wildman–Crippen LogP) is 3.30. The van der Waals surface area contributed by atoms with E-state index in [1.54, 1.807) is 0 Å². The monoisotopic (exact) mass is 308 g/mol. The third kappa shape index (κ3) is 3.42. The number of hydrogen-bond donors (Lipinski definition) is 1. The average Bonchev–Trinajstić information content (AvgIpc) is 2.55. The molecule has 0 aromatic heterocycles. The fraction of sp³-hybridized carbons (Fsp3) is 0.263. The number of rotatable bonds is 4. The van der Waals surface area contributed by atoms with Gasteiger partial charge in [-0.3, -0.25) is 9.69 Å². The number of β-lactam (4-membered cyclic amide) rings is 1. The van der Waals surface area contributed by atoms with Crippen LogP contribution in [-0.2, 0) is 11.2 Å². The molecule has 1 aliphatic rings. The van der Waals surface area contributed by atoms with E-state index < -0.39 is 0 Å². The Bertz CT molecular complexity index is 685. The average molecular weight is 308 g/mol. The van der Waals surface area contributed by atoms with Crippen molar-refractivity contribution in [3.05, 3.63) is 71.8 Å². The van der Waals surface area contributed by atoms with Gasteiger partial charge in [-0.2, -0.15) is 0 Å². The minimum absolute atomic E-state index is 0.0483.